The molecule has 1 N–H and O–H groups in total. The van der Waals surface area contributed by atoms with Gasteiger partial charge in [-0.05, 0) is 39.2 Å². The molecule has 3 nitrogen and oxygen atoms in total. The summed E-state index contributed by atoms with van der Waals surface area (Å²) in [7, 11) is 0. The van der Waals surface area contributed by atoms with Crippen LogP contribution in [0, 0.1) is 6.92 Å². The molecule has 0 saturated carbocycles. The number of ether oxygens (including phenoxy) is 1. The summed E-state index contributed by atoms with van der Waals surface area (Å²) >= 11 is 0. The van der Waals surface area contributed by atoms with E-state index in [0.717, 1.165) is 12.1 Å². The van der Waals surface area contributed by atoms with Crippen LogP contribution in [0.25, 0.3) is 0 Å². The second-order valence-corrected chi connectivity index (χ2v) is 6.48. The number of nitrogens with zero attached hydrogens (tertiary/aromatic N) is 1. The smallest absolute Gasteiger partial charge is 0.0900 e. The van der Waals surface area contributed by atoms with Gasteiger partial charge in [0.25, 0.3) is 0 Å². The quantitative estimate of drug-likeness (QED) is 0.874. The van der Waals surface area contributed by atoms with E-state index in [-0.39, 0.29) is 0 Å². The number of hydrogen-bond acceptors (Lipinski definition) is 3. The highest BCUT2D eigenvalue weighted by Gasteiger charge is 2.26. The van der Waals surface area contributed by atoms with Gasteiger partial charge in [0, 0.05) is 18.6 Å². The van der Waals surface area contributed by atoms with Gasteiger partial charge >= 0.3 is 0 Å². The Hall–Kier alpha value is -0.900. The summed E-state index contributed by atoms with van der Waals surface area (Å²) in [5, 5.41) is 10.2. The predicted octanol–water partition coefficient (Wildman–Crippen LogP) is 3.14. The Balaban J connectivity index is 1.71. The van der Waals surface area contributed by atoms with E-state index in [1.54, 1.807) is 0 Å². The van der Waals surface area contributed by atoms with Crippen LogP contribution in [-0.4, -0.2) is 41.3 Å². The van der Waals surface area contributed by atoms with Crippen LogP contribution in [0.5, 0.6) is 0 Å². The molecule has 0 amide bonds. The van der Waals surface area contributed by atoms with Crippen molar-refractivity contribution in [3.8, 4) is 0 Å². The Kier molecular flexibility index (Phi) is 6.22. The van der Waals surface area contributed by atoms with Crippen molar-refractivity contribution < 1.29 is 9.84 Å². The van der Waals surface area contributed by atoms with Crippen molar-refractivity contribution in [3.05, 3.63) is 35.4 Å². The van der Waals surface area contributed by atoms with Crippen LogP contribution in [0.1, 0.15) is 44.2 Å². The summed E-state index contributed by atoms with van der Waals surface area (Å²) in [4.78, 5) is 2.42. The average Bonchev–Trinajstić information content (AvgIpc) is 2.45. The summed E-state index contributed by atoms with van der Waals surface area (Å²) in [6.07, 6.45) is 3.37. The van der Waals surface area contributed by atoms with E-state index in [0.29, 0.717) is 25.3 Å². The predicted molar refractivity (Wildman–Crippen MR) is 86.3 cm³/mol. The molecule has 0 aliphatic carbocycles. The largest absolute Gasteiger partial charge is 0.389 e. The topological polar surface area (TPSA) is 32.7 Å². The van der Waals surface area contributed by atoms with Crippen LogP contribution in [0.15, 0.2) is 24.3 Å². The second kappa shape index (κ2) is 7.92. The first kappa shape index (κ1) is 16.5. The Bertz CT molecular complexity index is 408. The van der Waals surface area contributed by atoms with E-state index in [9.17, 15) is 5.11 Å². The molecule has 0 bridgehead atoms. The lowest BCUT2D eigenvalue weighted by molar-refractivity contribution is -0.0135. The summed E-state index contributed by atoms with van der Waals surface area (Å²) < 4.78 is 5.66. The third kappa shape index (κ3) is 5.10. The molecule has 3 heteroatoms. The minimum atomic E-state index is -0.404. The first-order chi connectivity index (χ1) is 10.1. The van der Waals surface area contributed by atoms with Crippen LogP contribution >= 0.6 is 0 Å². The van der Waals surface area contributed by atoms with Gasteiger partial charge in [-0.2, -0.15) is 0 Å². The van der Waals surface area contributed by atoms with Crippen molar-refractivity contribution >= 4 is 0 Å². The third-order valence-corrected chi connectivity index (χ3v) is 4.50. The van der Waals surface area contributed by atoms with Crippen LogP contribution in [0.3, 0.4) is 0 Å². The van der Waals surface area contributed by atoms with Gasteiger partial charge in [0.2, 0.25) is 0 Å². The summed E-state index contributed by atoms with van der Waals surface area (Å²) in [6.45, 7) is 8.29. The van der Waals surface area contributed by atoms with Gasteiger partial charge < -0.3 is 9.84 Å². The van der Waals surface area contributed by atoms with Gasteiger partial charge in [-0.25, -0.2) is 0 Å². The van der Waals surface area contributed by atoms with Gasteiger partial charge in [0.05, 0.1) is 19.3 Å². The zero-order chi connectivity index (χ0) is 15.2. The first-order valence-corrected chi connectivity index (χ1v) is 8.13. The minimum Gasteiger partial charge on any atom is -0.389 e. The fourth-order valence-corrected chi connectivity index (χ4v) is 3.13. The summed E-state index contributed by atoms with van der Waals surface area (Å²) in [5.41, 5.74) is 2.42. The fourth-order valence-electron chi connectivity index (χ4n) is 3.13. The van der Waals surface area contributed by atoms with Gasteiger partial charge in [0.15, 0.2) is 0 Å². The van der Waals surface area contributed by atoms with Crippen molar-refractivity contribution in [3.63, 3.8) is 0 Å². The highest BCUT2D eigenvalue weighted by Crippen LogP contribution is 2.22. The zero-order valence-corrected chi connectivity index (χ0v) is 13.6. The van der Waals surface area contributed by atoms with Crippen molar-refractivity contribution in [2.24, 2.45) is 0 Å². The number of β-amino-alcohol motifs (C(OH)–C–C–N with tert-alkyl or cyclic N) is 1. The summed E-state index contributed by atoms with van der Waals surface area (Å²) in [6, 6.07) is 9.48. The molecule has 1 aliphatic heterocycles. The molecule has 1 aromatic carbocycles. The molecule has 0 spiro atoms. The molecule has 0 aromatic heterocycles. The standard InChI is InChI=1S/C18H29NO2/c1-14-7-9-17(10-8-14)12-21-13-18(20)11-19-15(2)5-4-6-16(19)3/h7-10,15-16,18,20H,4-6,11-13H2,1-3H3/t15-,16-,18+/m0/s1. The highest BCUT2D eigenvalue weighted by molar-refractivity contribution is 5.20. The van der Waals surface area contributed by atoms with Gasteiger partial charge in [-0.1, -0.05) is 36.2 Å². The van der Waals surface area contributed by atoms with Crippen molar-refractivity contribution in [1.29, 1.82) is 0 Å². The lowest BCUT2D eigenvalue weighted by Gasteiger charge is -2.40. The number of aryl methyl sites for hydroxylation is 1. The lowest BCUT2D eigenvalue weighted by Crippen LogP contribution is -2.48. The maximum Gasteiger partial charge on any atom is 0.0900 e. The minimum absolute atomic E-state index is 0.404. The number of piperidine rings is 1. The zero-order valence-electron chi connectivity index (χ0n) is 13.6. The molecule has 0 radical (unpaired) electrons. The average molecular weight is 291 g/mol. The van der Waals surface area contributed by atoms with E-state index in [1.165, 1.54) is 24.8 Å². The first-order valence-electron chi connectivity index (χ1n) is 8.13. The molecule has 0 unspecified atom stereocenters. The molecule has 2 rings (SSSR count). The lowest BCUT2D eigenvalue weighted by atomic mass is 9.97. The molecule has 21 heavy (non-hydrogen) atoms. The van der Waals surface area contributed by atoms with Crippen LogP contribution in [0.4, 0.5) is 0 Å². The van der Waals surface area contributed by atoms with Crippen LogP contribution in [0.2, 0.25) is 0 Å². The molecule has 1 aromatic rings. The molecule has 1 heterocycles. The molecule has 1 saturated heterocycles. The van der Waals surface area contributed by atoms with Gasteiger partial charge in [0.1, 0.15) is 0 Å². The fraction of sp³-hybridized carbons (Fsp3) is 0.667. The molecule has 1 aliphatic rings. The molecule has 118 valence electrons. The van der Waals surface area contributed by atoms with E-state index in [2.05, 4.69) is 49.9 Å². The highest BCUT2D eigenvalue weighted by atomic mass is 16.5. The van der Waals surface area contributed by atoms with Crippen molar-refractivity contribution in [2.75, 3.05) is 13.2 Å². The monoisotopic (exact) mass is 291 g/mol. The van der Waals surface area contributed by atoms with E-state index >= 15 is 0 Å². The third-order valence-electron chi connectivity index (χ3n) is 4.50. The Morgan fingerprint density at radius 3 is 2.43 bits per heavy atom. The van der Waals surface area contributed by atoms with Crippen LogP contribution < -0.4 is 0 Å². The van der Waals surface area contributed by atoms with Gasteiger partial charge in [-0.15, -0.1) is 0 Å². The number of aliphatic hydroxyl groups is 1. The SMILES string of the molecule is Cc1ccc(COC[C@H](O)CN2[C@@H](C)CCC[C@@H]2C)cc1. The number of aliphatic hydroxyl groups excluding tert-OH is 1. The van der Waals surface area contributed by atoms with Gasteiger partial charge in [-0.3, -0.25) is 4.90 Å². The Morgan fingerprint density at radius 1 is 1.19 bits per heavy atom. The molecule has 3 atom stereocenters. The maximum absolute atomic E-state index is 10.2. The number of rotatable bonds is 6. The number of benzene rings is 1. The van der Waals surface area contributed by atoms with E-state index < -0.39 is 6.10 Å². The van der Waals surface area contributed by atoms with Crippen molar-refractivity contribution in [1.82, 2.24) is 4.90 Å². The molecular formula is C18H29NO2. The second-order valence-electron chi connectivity index (χ2n) is 6.48. The van der Waals surface area contributed by atoms with Crippen LogP contribution in [-0.2, 0) is 11.3 Å². The normalized spacial score (nSPS) is 25.0. The van der Waals surface area contributed by atoms with Crippen molar-refractivity contribution in [2.45, 2.75) is 64.8 Å². The molecule has 1 fully saturated rings. The molecular weight excluding hydrogens is 262 g/mol. The van der Waals surface area contributed by atoms with E-state index in [4.69, 9.17) is 4.74 Å². The Morgan fingerprint density at radius 2 is 1.81 bits per heavy atom. The summed E-state index contributed by atoms with van der Waals surface area (Å²) in [5.74, 6) is 0. The Labute approximate surface area is 128 Å². The maximum atomic E-state index is 10.2. The van der Waals surface area contributed by atoms with E-state index in [1.807, 2.05) is 0 Å². The number of hydrogen-bond donors (Lipinski definition) is 1. The number of likely N-dealkylation sites (tertiary alicyclic amines) is 1.